The van der Waals surface area contributed by atoms with Gasteiger partial charge in [0.1, 0.15) is 12.1 Å². The molecule has 7 nitrogen and oxygen atoms in total. The smallest absolute Gasteiger partial charge is 0.191 e. The molecule has 3 aromatic heterocycles. The van der Waals surface area contributed by atoms with Crippen molar-refractivity contribution in [3.63, 3.8) is 0 Å². The number of guanidine groups is 1. The van der Waals surface area contributed by atoms with E-state index in [1.165, 1.54) is 4.88 Å². The van der Waals surface area contributed by atoms with Crippen molar-refractivity contribution in [1.29, 1.82) is 0 Å². The first-order valence-electron chi connectivity index (χ1n) is 8.46. The van der Waals surface area contributed by atoms with Crippen LogP contribution in [0.25, 0.3) is 5.82 Å². The van der Waals surface area contributed by atoms with Crippen LogP contribution in [0.15, 0.2) is 42.0 Å². The minimum absolute atomic E-state index is 0.659. The lowest BCUT2D eigenvalue weighted by atomic mass is 10.3. The molecular weight excluding hydrogens is 346 g/mol. The normalized spacial score (nSPS) is 11.6. The summed E-state index contributed by atoms with van der Waals surface area (Å²) in [5.41, 5.74) is 2.21. The summed E-state index contributed by atoms with van der Waals surface area (Å²) in [4.78, 5) is 18.6. The Morgan fingerprint density at radius 3 is 2.77 bits per heavy atom. The van der Waals surface area contributed by atoms with E-state index in [2.05, 4.69) is 44.4 Å². The lowest BCUT2D eigenvalue weighted by Crippen LogP contribution is -2.37. The molecule has 0 bridgehead atoms. The largest absolute Gasteiger partial charge is 0.356 e. The predicted octanol–water partition coefficient (Wildman–Crippen LogP) is 2.25. The zero-order chi connectivity index (χ0) is 18.4. The van der Waals surface area contributed by atoms with Crippen LogP contribution >= 0.6 is 11.3 Å². The van der Waals surface area contributed by atoms with Crippen LogP contribution in [0.4, 0.5) is 0 Å². The van der Waals surface area contributed by atoms with Crippen LogP contribution in [-0.4, -0.2) is 39.1 Å². The summed E-state index contributed by atoms with van der Waals surface area (Å²) in [6, 6.07) is 4.02. The van der Waals surface area contributed by atoms with Crippen molar-refractivity contribution in [1.82, 2.24) is 30.2 Å². The Kier molecular flexibility index (Phi) is 5.96. The van der Waals surface area contributed by atoms with Gasteiger partial charge >= 0.3 is 0 Å². The lowest BCUT2D eigenvalue weighted by Gasteiger charge is -2.11. The Bertz CT molecular complexity index is 831. The van der Waals surface area contributed by atoms with Crippen molar-refractivity contribution < 1.29 is 0 Å². The number of nitrogens with zero attached hydrogens (tertiary/aromatic N) is 5. The summed E-state index contributed by atoms with van der Waals surface area (Å²) in [5.74, 6) is 1.62. The third-order valence-electron chi connectivity index (χ3n) is 3.97. The second-order valence-electron chi connectivity index (χ2n) is 5.85. The Labute approximate surface area is 157 Å². The van der Waals surface area contributed by atoms with Gasteiger partial charge in [0.05, 0.1) is 10.7 Å². The first-order chi connectivity index (χ1) is 12.7. The minimum Gasteiger partial charge on any atom is -0.356 e. The number of nitrogens with one attached hydrogen (secondary N) is 2. The van der Waals surface area contributed by atoms with E-state index >= 15 is 0 Å². The summed E-state index contributed by atoms with van der Waals surface area (Å²) >= 11 is 1.76. The first-order valence-corrected chi connectivity index (χ1v) is 9.28. The number of rotatable bonds is 6. The molecule has 3 heterocycles. The van der Waals surface area contributed by atoms with E-state index in [-0.39, 0.29) is 0 Å². The van der Waals surface area contributed by atoms with Gasteiger partial charge in [-0.2, -0.15) is 0 Å². The van der Waals surface area contributed by atoms with Crippen LogP contribution in [-0.2, 0) is 13.0 Å². The Morgan fingerprint density at radius 2 is 2.15 bits per heavy atom. The van der Waals surface area contributed by atoms with Gasteiger partial charge in [-0.05, 0) is 25.5 Å². The SMILES string of the molecule is CN=C(NCCc1nc(C)c(C)s1)NCc1ccc(-n2ccnc2)nc1. The maximum absolute atomic E-state index is 4.56. The number of thiazole rings is 1. The summed E-state index contributed by atoms with van der Waals surface area (Å²) in [7, 11) is 1.77. The number of hydrogen-bond acceptors (Lipinski definition) is 5. The number of aliphatic imine (C=N–C) groups is 1. The highest BCUT2D eigenvalue weighted by molar-refractivity contribution is 7.11. The van der Waals surface area contributed by atoms with Crippen molar-refractivity contribution in [3.05, 3.63) is 58.2 Å². The topological polar surface area (TPSA) is 80.0 Å². The second-order valence-corrected chi connectivity index (χ2v) is 7.13. The van der Waals surface area contributed by atoms with E-state index in [0.29, 0.717) is 6.54 Å². The molecular formula is C18H23N7S. The lowest BCUT2D eigenvalue weighted by molar-refractivity contribution is 0.788. The number of hydrogen-bond donors (Lipinski definition) is 2. The minimum atomic E-state index is 0.659. The number of aromatic nitrogens is 4. The highest BCUT2D eigenvalue weighted by Crippen LogP contribution is 2.16. The Morgan fingerprint density at radius 1 is 1.27 bits per heavy atom. The van der Waals surface area contributed by atoms with Gasteiger partial charge in [-0.3, -0.25) is 9.56 Å². The maximum atomic E-state index is 4.56. The van der Waals surface area contributed by atoms with Crippen molar-refractivity contribution in [3.8, 4) is 5.82 Å². The van der Waals surface area contributed by atoms with Crippen LogP contribution < -0.4 is 10.6 Å². The molecule has 0 fully saturated rings. The number of aryl methyl sites for hydroxylation is 2. The van der Waals surface area contributed by atoms with E-state index < -0.39 is 0 Å². The predicted molar refractivity (Wildman–Crippen MR) is 105 cm³/mol. The van der Waals surface area contributed by atoms with Crippen LogP contribution in [0, 0.1) is 13.8 Å². The van der Waals surface area contributed by atoms with Crippen LogP contribution in [0.3, 0.4) is 0 Å². The van der Waals surface area contributed by atoms with E-state index in [4.69, 9.17) is 0 Å². The first kappa shape index (κ1) is 18.1. The molecule has 0 aliphatic heterocycles. The van der Waals surface area contributed by atoms with Gasteiger partial charge in [0, 0.05) is 50.0 Å². The van der Waals surface area contributed by atoms with Gasteiger partial charge in [-0.25, -0.2) is 15.0 Å². The van der Waals surface area contributed by atoms with E-state index in [1.54, 1.807) is 30.9 Å². The molecule has 8 heteroatoms. The van der Waals surface area contributed by atoms with Crippen molar-refractivity contribution in [2.75, 3.05) is 13.6 Å². The van der Waals surface area contributed by atoms with Gasteiger partial charge in [0.25, 0.3) is 0 Å². The van der Waals surface area contributed by atoms with Crippen molar-refractivity contribution in [2.45, 2.75) is 26.8 Å². The summed E-state index contributed by atoms with van der Waals surface area (Å²) < 4.78 is 1.87. The number of pyridine rings is 1. The zero-order valence-corrected chi connectivity index (χ0v) is 16.0. The Balaban J connectivity index is 1.46. The molecule has 3 rings (SSSR count). The monoisotopic (exact) mass is 369 g/mol. The molecule has 0 unspecified atom stereocenters. The van der Waals surface area contributed by atoms with Gasteiger partial charge in [0.15, 0.2) is 5.96 Å². The molecule has 0 aliphatic rings. The average Bonchev–Trinajstić information content (AvgIpc) is 3.29. The average molecular weight is 369 g/mol. The van der Waals surface area contributed by atoms with Crippen LogP contribution in [0.5, 0.6) is 0 Å². The van der Waals surface area contributed by atoms with E-state index in [1.807, 2.05) is 29.1 Å². The number of imidazole rings is 1. The zero-order valence-electron chi connectivity index (χ0n) is 15.2. The fraction of sp³-hybridized carbons (Fsp3) is 0.333. The molecule has 0 saturated heterocycles. The highest BCUT2D eigenvalue weighted by atomic mass is 32.1. The third kappa shape index (κ3) is 4.66. The molecule has 2 N–H and O–H groups in total. The summed E-state index contributed by atoms with van der Waals surface area (Å²) in [6.45, 7) is 5.61. The van der Waals surface area contributed by atoms with E-state index in [0.717, 1.165) is 41.0 Å². The van der Waals surface area contributed by atoms with Gasteiger partial charge in [-0.1, -0.05) is 6.07 Å². The van der Waals surface area contributed by atoms with Crippen molar-refractivity contribution in [2.24, 2.45) is 4.99 Å². The molecule has 0 atom stereocenters. The standard InChI is InChI=1S/C18H23N7S/c1-13-14(2)26-17(24-13)6-7-21-18(19-3)23-11-15-4-5-16(22-10-15)25-9-8-20-12-25/h4-5,8-10,12H,6-7,11H2,1-3H3,(H2,19,21,23). The van der Waals surface area contributed by atoms with Crippen LogP contribution in [0.2, 0.25) is 0 Å². The quantitative estimate of drug-likeness (QED) is 0.515. The second kappa shape index (κ2) is 8.57. The van der Waals surface area contributed by atoms with Gasteiger partial charge in [-0.15, -0.1) is 11.3 Å². The van der Waals surface area contributed by atoms with Gasteiger partial charge < -0.3 is 10.6 Å². The summed E-state index contributed by atoms with van der Waals surface area (Å²) in [6.07, 6.45) is 8.09. The highest BCUT2D eigenvalue weighted by Gasteiger charge is 2.04. The van der Waals surface area contributed by atoms with Crippen LogP contribution in [0.1, 0.15) is 21.1 Å². The third-order valence-corrected chi connectivity index (χ3v) is 5.10. The Hall–Kier alpha value is -2.74. The van der Waals surface area contributed by atoms with Crippen molar-refractivity contribution >= 4 is 17.3 Å². The maximum Gasteiger partial charge on any atom is 0.191 e. The molecule has 0 aromatic carbocycles. The fourth-order valence-corrected chi connectivity index (χ4v) is 3.34. The molecule has 3 aromatic rings. The van der Waals surface area contributed by atoms with E-state index in [9.17, 15) is 0 Å². The molecule has 0 saturated carbocycles. The van der Waals surface area contributed by atoms with Gasteiger partial charge in [0.2, 0.25) is 0 Å². The molecule has 26 heavy (non-hydrogen) atoms. The molecule has 0 aliphatic carbocycles. The molecule has 0 amide bonds. The molecule has 0 spiro atoms. The fourth-order valence-electron chi connectivity index (χ4n) is 2.41. The molecule has 136 valence electrons. The summed E-state index contributed by atoms with van der Waals surface area (Å²) in [5, 5.41) is 7.78. The molecule has 0 radical (unpaired) electrons.